The van der Waals surface area contributed by atoms with Gasteiger partial charge in [-0.1, -0.05) is 6.07 Å². The third-order valence-electron chi connectivity index (χ3n) is 4.14. The zero-order valence-corrected chi connectivity index (χ0v) is 8.90. The van der Waals surface area contributed by atoms with Crippen LogP contribution in [0.4, 0.5) is 0 Å². The fourth-order valence-corrected chi connectivity index (χ4v) is 2.73. The van der Waals surface area contributed by atoms with Crippen LogP contribution >= 0.6 is 0 Å². The van der Waals surface area contributed by atoms with Crippen molar-refractivity contribution in [3.8, 4) is 17.2 Å². The first-order valence-corrected chi connectivity index (χ1v) is 5.53. The van der Waals surface area contributed by atoms with Gasteiger partial charge in [0.25, 0.3) is 0 Å². The summed E-state index contributed by atoms with van der Waals surface area (Å²) >= 11 is 0. The van der Waals surface area contributed by atoms with Crippen molar-refractivity contribution in [2.24, 2.45) is 5.73 Å². The smallest absolute Gasteiger partial charge is 0.200 e. The highest BCUT2D eigenvalue weighted by molar-refractivity contribution is 5.59. The summed E-state index contributed by atoms with van der Waals surface area (Å²) in [6, 6.07) is 3.08. The normalized spacial score (nSPS) is 24.1. The summed E-state index contributed by atoms with van der Waals surface area (Å²) in [5, 5.41) is 28.7. The van der Waals surface area contributed by atoms with E-state index in [0.717, 1.165) is 25.7 Å². The molecular formula is C12H15NO3. The molecule has 3 rings (SSSR count). The van der Waals surface area contributed by atoms with Crippen LogP contribution in [-0.4, -0.2) is 20.9 Å². The Bertz CT molecular complexity index is 462. The summed E-state index contributed by atoms with van der Waals surface area (Å²) in [5.74, 6) is -0.943. The molecule has 16 heavy (non-hydrogen) atoms. The van der Waals surface area contributed by atoms with Gasteiger partial charge in [0.05, 0.1) is 0 Å². The average molecular weight is 221 g/mol. The second-order valence-corrected chi connectivity index (χ2v) is 5.07. The zero-order valence-electron chi connectivity index (χ0n) is 8.90. The third kappa shape index (κ3) is 1.02. The van der Waals surface area contributed by atoms with Gasteiger partial charge < -0.3 is 21.1 Å². The van der Waals surface area contributed by atoms with Crippen molar-refractivity contribution >= 4 is 0 Å². The Hall–Kier alpha value is -1.42. The maximum atomic E-state index is 9.88. The van der Waals surface area contributed by atoms with Gasteiger partial charge in [-0.3, -0.25) is 0 Å². The van der Waals surface area contributed by atoms with E-state index in [9.17, 15) is 15.3 Å². The minimum Gasteiger partial charge on any atom is -0.504 e. The predicted octanol–water partition coefficient (Wildman–Crippen LogP) is 1.33. The molecule has 1 aromatic carbocycles. The summed E-state index contributed by atoms with van der Waals surface area (Å²) in [6.07, 6.45) is 3.82. The van der Waals surface area contributed by atoms with Crippen LogP contribution in [0.25, 0.3) is 0 Å². The highest BCUT2D eigenvalue weighted by atomic mass is 16.3. The highest BCUT2D eigenvalue weighted by Gasteiger charge is 2.65. The van der Waals surface area contributed by atoms with E-state index < -0.39 is 5.75 Å². The summed E-state index contributed by atoms with van der Waals surface area (Å²) in [4.78, 5) is 0. The van der Waals surface area contributed by atoms with Gasteiger partial charge in [-0.25, -0.2) is 0 Å². The van der Waals surface area contributed by atoms with Gasteiger partial charge in [-0.15, -0.1) is 0 Å². The average Bonchev–Trinajstić information content (AvgIpc) is 3.11. The molecule has 2 aliphatic carbocycles. The summed E-state index contributed by atoms with van der Waals surface area (Å²) < 4.78 is 0. The second kappa shape index (κ2) is 2.63. The van der Waals surface area contributed by atoms with Crippen molar-refractivity contribution in [1.82, 2.24) is 0 Å². The van der Waals surface area contributed by atoms with E-state index >= 15 is 0 Å². The van der Waals surface area contributed by atoms with Crippen molar-refractivity contribution in [2.75, 3.05) is 0 Å². The van der Waals surface area contributed by atoms with Gasteiger partial charge in [-0.05, 0) is 31.7 Å². The lowest BCUT2D eigenvalue weighted by atomic mass is 9.85. The third-order valence-corrected chi connectivity index (χ3v) is 4.14. The molecule has 0 radical (unpaired) electrons. The lowest BCUT2D eigenvalue weighted by Gasteiger charge is -2.24. The number of phenols is 3. The van der Waals surface area contributed by atoms with Crippen molar-refractivity contribution in [2.45, 2.75) is 36.6 Å². The van der Waals surface area contributed by atoms with Crippen molar-refractivity contribution in [1.29, 1.82) is 0 Å². The summed E-state index contributed by atoms with van der Waals surface area (Å²) in [7, 11) is 0. The first-order chi connectivity index (χ1) is 7.50. The fraction of sp³-hybridized carbons (Fsp3) is 0.500. The van der Waals surface area contributed by atoms with Gasteiger partial charge in [0.2, 0.25) is 5.75 Å². The highest BCUT2D eigenvalue weighted by Crippen LogP contribution is 2.66. The first kappa shape index (κ1) is 9.78. The lowest BCUT2D eigenvalue weighted by molar-refractivity contribution is 0.357. The van der Waals surface area contributed by atoms with Gasteiger partial charge in [-0.2, -0.15) is 0 Å². The Balaban J connectivity index is 2.11. The molecule has 0 bridgehead atoms. The Morgan fingerprint density at radius 1 is 0.938 bits per heavy atom. The Morgan fingerprint density at radius 3 is 2.06 bits per heavy atom. The number of nitrogens with two attached hydrogens (primary N) is 1. The van der Waals surface area contributed by atoms with E-state index in [1.165, 1.54) is 6.07 Å². The minimum absolute atomic E-state index is 0.178. The van der Waals surface area contributed by atoms with Crippen molar-refractivity contribution < 1.29 is 15.3 Å². The van der Waals surface area contributed by atoms with E-state index in [2.05, 4.69) is 0 Å². The van der Waals surface area contributed by atoms with Crippen LogP contribution in [0.3, 0.4) is 0 Å². The Kier molecular flexibility index (Phi) is 1.61. The van der Waals surface area contributed by atoms with Crippen LogP contribution in [0.1, 0.15) is 31.2 Å². The standard InChI is InChI=1S/C12H15NO3/c13-12(5-6-12)11(3-4-11)7-1-2-8(14)10(16)9(7)15/h1-2,14-16H,3-6,13H2. The molecular weight excluding hydrogens is 206 g/mol. The molecule has 2 fully saturated rings. The zero-order chi connectivity index (χ0) is 11.6. The molecule has 4 nitrogen and oxygen atoms in total. The number of hydrogen-bond donors (Lipinski definition) is 4. The van der Waals surface area contributed by atoms with Gasteiger partial charge in [0.1, 0.15) is 0 Å². The predicted molar refractivity (Wildman–Crippen MR) is 58.5 cm³/mol. The number of rotatable bonds is 2. The molecule has 2 saturated carbocycles. The van der Waals surface area contributed by atoms with Gasteiger partial charge >= 0.3 is 0 Å². The number of hydrogen-bond acceptors (Lipinski definition) is 4. The molecule has 0 aromatic heterocycles. The van der Waals surface area contributed by atoms with E-state index in [1.54, 1.807) is 6.07 Å². The molecule has 0 aliphatic heterocycles. The van der Waals surface area contributed by atoms with E-state index in [-0.39, 0.29) is 22.5 Å². The SMILES string of the molecule is NC1(C2(c3ccc(O)c(O)c3O)CC2)CC1. The van der Waals surface area contributed by atoms with Crippen LogP contribution < -0.4 is 5.73 Å². The molecule has 5 N–H and O–H groups in total. The molecule has 86 valence electrons. The number of aromatic hydroxyl groups is 3. The van der Waals surface area contributed by atoms with E-state index in [0.29, 0.717) is 5.56 Å². The Morgan fingerprint density at radius 2 is 1.56 bits per heavy atom. The second-order valence-electron chi connectivity index (χ2n) is 5.07. The number of phenolic OH excluding ortho intramolecular Hbond substituents is 3. The maximum absolute atomic E-state index is 9.88. The molecule has 0 amide bonds. The van der Waals surface area contributed by atoms with Crippen LogP contribution in [0.15, 0.2) is 12.1 Å². The molecule has 0 atom stereocenters. The maximum Gasteiger partial charge on any atom is 0.200 e. The van der Waals surface area contributed by atoms with E-state index in [4.69, 9.17) is 5.73 Å². The summed E-state index contributed by atoms with van der Waals surface area (Å²) in [5.41, 5.74) is 6.51. The molecule has 0 spiro atoms. The van der Waals surface area contributed by atoms with Gasteiger partial charge in [0, 0.05) is 16.5 Å². The first-order valence-electron chi connectivity index (χ1n) is 5.53. The van der Waals surface area contributed by atoms with Crippen molar-refractivity contribution in [3.05, 3.63) is 17.7 Å². The van der Waals surface area contributed by atoms with Crippen LogP contribution in [0.5, 0.6) is 17.2 Å². The minimum atomic E-state index is -0.437. The number of benzene rings is 1. The molecule has 4 heteroatoms. The van der Waals surface area contributed by atoms with Crippen LogP contribution in [0, 0.1) is 0 Å². The molecule has 0 heterocycles. The molecule has 2 aliphatic rings. The largest absolute Gasteiger partial charge is 0.504 e. The quantitative estimate of drug-likeness (QED) is 0.567. The fourth-order valence-electron chi connectivity index (χ4n) is 2.73. The lowest BCUT2D eigenvalue weighted by Crippen LogP contribution is -2.37. The monoisotopic (exact) mass is 221 g/mol. The topological polar surface area (TPSA) is 86.7 Å². The summed E-state index contributed by atoms with van der Waals surface area (Å²) in [6.45, 7) is 0. The molecule has 1 aromatic rings. The molecule has 0 saturated heterocycles. The van der Waals surface area contributed by atoms with Crippen LogP contribution in [0.2, 0.25) is 0 Å². The van der Waals surface area contributed by atoms with Gasteiger partial charge in [0.15, 0.2) is 11.5 Å². The van der Waals surface area contributed by atoms with E-state index in [1.807, 2.05) is 0 Å². The van der Waals surface area contributed by atoms with Crippen LogP contribution in [-0.2, 0) is 5.41 Å². The Labute approximate surface area is 93.3 Å². The molecule has 0 unspecified atom stereocenters. The van der Waals surface area contributed by atoms with Crippen molar-refractivity contribution in [3.63, 3.8) is 0 Å².